The van der Waals surface area contributed by atoms with Crippen LogP contribution in [-0.2, 0) is 6.54 Å². The van der Waals surface area contributed by atoms with Gasteiger partial charge in [-0.15, -0.1) is 0 Å². The third-order valence-corrected chi connectivity index (χ3v) is 2.96. The number of nitrogen functional groups attached to an aromatic ring is 1. The summed E-state index contributed by atoms with van der Waals surface area (Å²) >= 11 is 0. The highest BCUT2D eigenvalue weighted by molar-refractivity contribution is 5.95. The number of ether oxygens (including phenoxy) is 1. The summed E-state index contributed by atoms with van der Waals surface area (Å²) in [6.45, 7) is 2.75. The number of amidine groups is 1. The Morgan fingerprint density at radius 2 is 1.95 bits per heavy atom. The topological polar surface area (TPSA) is 65.6 Å². The van der Waals surface area contributed by atoms with Crippen LogP contribution in [0.3, 0.4) is 0 Å². The molecule has 0 bridgehead atoms. The molecule has 0 aromatic heterocycles. The molecule has 0 aliphatic carbocycles. The van der Waals surface area contributed by atoms with Crippen LogP contribution in [0.4, 0.5) is 0 Å². The largest absolute Gasteiger partial charge is 0.496 e. The molecule has 0 aliphatic rings. The van der Waals surface area contributed by atoms with E-state index in [1.807, 2.05) is 18.2 Å². The van der Waals surface area contributed by atoms with E-state index in [2.05, 4.69) is 30.9 Å². The highest BCUT2D eigenvalue weighted by Crippen LogP contribution is 2.21. The van der Waals surface area contributed by atoms with Gasteiger partial charge in [0.1, 0.15) is 11.6 Å². The molecule has 0 saturated heterocycles. The predicted octanol–water partition coefficient (Wildman–Crippen LogP) is 0.973. The van der Waals surface area contributed by atoms with Gasteiger partial charge in [-0.1, -0.05) is 0 Å². The Hall–Kier alpha value is -1.59. The minimum Gasteiger partial charge on any atom is -0.496 e. The van der Waals surface area contributed by atoms with Gasteiger partial charge in [0.05, 0.1) is 7.11 Å². The van der Waals surface area contributed by atoms with Crippen molar-refractivity contribution in [1.82, 2.24) is 9.80 Å². The molecule has 3 N–H and O–H groups in total. The molecule has 0 amide bonds. The summed E-state index contributed by atoms with van der Waals surface area (Å²) in [7, 11) is 7.85. The van der Waals surface area contributed by atoms with Crippen molar-refractivity contribution in [2.75, 3.05) is 41.3 Å². The first-order valence-electron chi connectivity index (χ1n) is 6.28. The van der Waals surface area contributed by atoms with Crippen LogP contribution >= 0.6 is 0 Å². The number of hydrogen-bond donors (Lipinski definition) is 2. The van der Waals surface area contributed by atoms with Gasteiger partial charge in [-0.05, 0) is 39.3 Å². The summed E-state index contributed by atoms with van der Waals surface area (Å²) in [4.78, 5) is 4.38. The third kappa shape index (κ3) is 4.89. The molecule has 106 valence electrons. The van der Waals surface area contributed by atoms with Crippen LogP contribution in [0.2, 0.25) is 0 Å². The average Bonchev–Trinajstić information content (AvgIpc) is 2.36. The van der Waals surface area contributed by atoms with Crippen LogP contribution in [0.25, 0.3) is 0 Å². The number of nitrogens with two attached hydrogens (primary N) is 1. The molecule has 5 nitrogen and oxygen atoms in total. The molecular weight excluding hydrogens is 240 g/mol. The zero-order valence-corrected chi connectivity index (χ0v) is 12.2. The Balaban J connectivity index is 2.79. The number of hydrogen-bond acceptors (Lipinski definition) is 4. The lowest BCUT2D eigenvalue weighted by molar-refractivity contribution is 0.272. The van der Waals surface area contributed by atoms with Gasteiger partial charge < -0.3 is 20.3 Å². The lowest BCUT2D eigenvalue weighted by Gasteiger charge is -2.21. The van der Waals surface area contributed by atoms with E-state index in [0.29, 0.717) is 0 Å². The first-order chi connectivity index (χ1) is 8.93. The van der Waals surface area contributed by atoms with Gasteiger partial charge in [0.15, 0.2) is 0 Å². The van der Waals surface area contributed by atoms with Crippen molar-refractivity contribution < 1.29 is 4.74 Å². The van der Waals surface area contributed by atoms with E-state index in [4.69, 9.17) is 15.9 Å². The summed E-state index contributed by atoms with van der Waals surface area (Å²) in [6.07, 6.45) is 0. The van der Waals surface area contributed by atoms with Gasteiger partial charge in [-0.3, -0.25) is 5.41 Å². The maximum atomic E-state index is 7.50. The van der Waals surface area contributed by atoms with Crippen LogP contribution in [0, 0.1) is 5.41 Å². The number of rotatable bonds is 7. The van der Waals surface area contributed by atoms with Gasteiger partial charge >= 0.3 is 0 Å². The fraction of sp³-hybridized carbons (Fsp3) is 0.500. The van der Waals surface area contributed by atoms with Crippen LogP contribution in [0.1, 0.15) is 11.1 Å². The summed E-state index contributed by atoms with van der Waals surface area (Å²) < 4.78 is 5.36. The van der Waals surface area contributed by atoms with Gasteiger partial charge in [0.2, 0.25) is 0 Å². The summed E-state index contributed by atoms with van der Waals surface area (Å²) in [5.41, 5.74) is 7.31. The Bertz CT molecular complexity index is 431. The van der Waals surface area contributed by atoms with Gasteiger partial charge in [0, 0.05) is 30.8 Å². The van der Waals surface area contributed by atoms with E-state index in [9.17, 15) is 0 Å². The van der Waals surface area contributed by atoms with Gasteiger partial charge in [0.25, 0.3) is 0 Å². The number of methoxy groups -OCH3 is 1. The lowest BCUT2D eigenvalue weighted by atomic mass is 10.1. The summed E-state index contributed by atoms with van der Waals surface area (Å²) in [5, 5.41) is 7.50. The Labute approximate surface area is 115 Å². The fourth-order valence-electron chi connectivity index (χ4n) is 1.81. The Morgan fingerprint density at radius 1 is 1.26 bits per heavy atom. The van der Waals surface area contributed by atoms with Crippen LogP contribution in [0.5, 0.6) is 5.75 Å². The third-order valence-electron chi connectivity index (χ3n) is 2.96. The molecule has 1 rings (SSSR count). The molecular formula is C14H24N4O. The molecule has 0 aliphatic heterocycles. The second-order valence-electron chi connectivity index (χ2n) is 4.98. The van der Waals surface area contributed by atoms with Gasteiger partial charge in [-0.25, -0.2) is 0 Å². The first-order valence-corrected chi connectivity index (χ1v) is 6.28. The maximum Gasteiger partial charge on any atom is 0.123 e. The van der Waals surface area contributed by atoms with Crippen molar-refractivity contribution >= 4 is 5.84 Å². The first kappa shape index (κ1) is 15.5. The molecule has 0 fully saturated rings. The zero-order valence-electron chi connectivity index (χ0n) is 12.2. The van der Waals surface area contributed by atoms with Crippen molar-refractivity contribution in [2.45, 2.75) is 6.54 Å². The molecule has 0 heterocycles. The smallest absolute Gasteiger partial charge is 0.123 e. The highest BCUT2D eigenvalue weighted by Gasteiger charge is 2.09. The molecule has 1 aromatic carbocycles. The maximum absolute atomic E-state index is 7.50. The molecule has 1 aromatic rings. The molecule has 19 heavy (non-hydrogen) atoms. The number of benzene rings is 1. The zero-order chi connectivity index (χ0) is 14.4. The normalized spacial score (nSPS) is 11.1. The SMILES string of the molecule is COc1ccc(C(=N)N)cc1CN(C)CCN(C)C. The predicted molar refractivity (Wildman–Crippen MR) is 78.9 cm³/mol. The van der Waals surface area contributed by atoms with Gasteiger partial charge in [-0.2, -0.15) is 0 Å². The molecule has 0 atom stereocenters. The van der Waals surface area contributed by atoms with E-state index in [1.54, 1.807) is 7.11 Å². The molecule has 0 spiro atoms. The molecule has 0 unspecified atom stereocenters. The number of nitrogens with one attached hydrogen (secondary N) is 1. The number of likely N-dealkylation sites (N-methyl/N-ethyl adjacent to an activating group) is 2. The van der Waals surface area contributed by atoms with Crippen molar-refractivity contribution in [3.05, 3.63) is 29.3 Å². The van der Waals surface area contributed by atoms with E-state index >= 15 is 0 Å². The van der Waals surface area contributed by atoms with Crippen molar-refractivity contribution in [2.24, 2.45) is 5.73 Å². The second-order valence-corrected chi connectivity index (χ2v) is 4.98. The molecule has 0 radical (unpaired) electrons. The standard InChI is InChI=1S/C14H24N4O/c1-17(2)7-8-18(3)10-12-9-11(14(15)16)5-6-13(12)19-4/h5-6,9H,7-8,10H2,1-4H3,(H3,15,16). The van der Waals surface area contributed by atoms with Crippen LogP contribution < -0.4 is 10.5 Å². The van der Waals surface area contributed by atoms with Crippen molar-refractivity contribution in [1.29, 1.82) is 5.41 Å². The molecule has 5 heteroatoms. The fourth-order valence-corrected chi connectivity index (χ4v) is 1.81. The van der Waals surface area contributed by atoms with E-state index < -0.39 is 0 Å². The van der Waals surface area contributed by atoms with Crippen molar-refractivity contribution in [3.8, 4) is 5.75 Å². The Kier molecular flexibility index (Phi) is 5.79. The average molecular weight is 264 g/mol. The van der Waals surface area contributed by atoms with Crippen molar-refractivity contribution in [3.63, 3.8) is 0 Å². The highest BCUT2D eigenvalue weighted by atomic mass is 16.5. The van der Waals surface area contributed by atoms with E-state index in [1.165, 1.54) is 0 Å². The second kappa shape index (κ2) is 7.11. The summed E-state index contributed by atoms with van der Waals surface area (Å²) in [5.74, 6) is 0.918. The quantitative estimate of drug-likeness (QED) is 0.569. The minimum atomic E-state index is 0.0832. The van der Waals surface area contributed by atoms with Crippen LogP contribution in [-0.4, -0.2) is 57.0 Å². The molecule has 0 saturated carbocycles. The van der Waals surface area contributed by atoms with Crippen LogP contribution in [0.15, 0.2) is 18.2 Å². The van der Waals surface area contributed by atoms with E-state index in [0.717, 1.165) is 36.5 Å². The summed E-state index contributed by atoms with van der Waals surface area (Å²) in [6, 6.07) is 5.60. The Morgan fingerprint density at radius 3 is 2.47 bits per heavy atom. The lowest BCUT2D eigenvalue weighted by Crippen LogP contribution is -2.28. The number of nitrogens with zero attached hydrogens (tertiary/aromatic N) is 2. The van der Waals surface area contributed by atoms with E-state index in [-0.39, 0.29) is 5.84 Å². The minimum absolute atomic E-state index is 0.0832. The monoisotopic (exact) mass is 264 g/mol.